The molecule has 1 N–H and O–H groups in total. The van der Waals surface area contributed by atoms with Crippen molar-refractivity contribution < 1.29 is 19.1 Å². The molecule has 0 unspecified atom stereocenters. The molecule has 1 heterocycles. The van der Waals surface area contributed by atoms with E-state index in [9.17, 15) is 9.59 Å². The van der Waals surface area contributed by atoms with Gasteiger partial charge in [-0.1, -0.05) is 60.7 Å². The van der Waals surface area contributed by atoms with Crippen LogP contribution in [-0.2, 0) is 20.9 Å². The number of alkyl carbamates (subject to hydrolysis) is 1. The van der Waals surface area contributed by atoms with Gasteiger partial charge < -0.3 is 19.7 Å². The topological polar surface area (TPSA) is 67.9 Å². The van der Waals surface area contributed by atoms with Gasteiger partial charge in [-0.25, -0.2) is 4.79 Å². The molecule has 0 aliphatic carbocycles. The number of ether oxygens (including phenoxy) is 2. The third-order valence-corrected chi connectivity index (χ3v) is 4.18. The average Bonchev–Trinajstić information content (AvgIpc) is 2.72. The minimum Gasteiger partial charge on any atom is -0.445 e. The molecular weight excluding hydrogens is 332 g/mol. The Morgan fingerprint density at radius 1 is 1.00 bits per heavy atom. The highest BCUT2D eigenvalue weighted by Crippen LogP contribution is 2.17. The van der Waals surface area contributed by atoms with E-state index < -0.39 is 12.1 Å². The number of carbonyl (C=O) groups excluding carboxylic acids is 2. The second-order valence-corrected chi connectivity index (χ2v) is 5.99. The molecule has 1 atom stereocenters. The predicted octanol–water partition coefficient (Wildman–Crippen LogP) is 2.51. The summed E-state index contributed by atoms with van der Waals surface area (Å²) in [6.07, 6.45) is -0.621. The van der Waals surface area contributed by atoms with E-state index in [-0.39, 0.29) is 12.5 Å². The lowest BCUT2D eigenvalue weighted by Gasteiger charge is -2.30. The quantitative estimate of drug-likeness (QED) is 0.896. The molecule has 1 aliphatic heterocycles. The van der Waals surface area contributed by atoms with E-state index in [0.29, 0.717) is 26.3 Å². The first-order valence-corrected chi connectivity index (χ1v) is 8.63. The van der Waals surface area contributed by atoms with Gasteiger partial charge in [0.1, 0.15) is 12.6 Å². The van der Waals surface area contributed by atoms with Crippen molar-refractivity contribution in [3.63, 3.8) is 0 Å². The maximum atomic E-state index is 12.9. The van der Waals surface area contributed by atoms with Crippen LogP contribution in [0, 0.1) is 0 Å². The smallest absolute Gasteiger partial charge is 0.408 e. The van der Waals surface area contributed by atoms with Gasteiger partial charge in [-0.05, 0) is 11.1 Å². The summed E-state index contributed by atoms with van der Waals surface area (Å²) in [5, 5.41) is 2.71. The van der Waals surface area contributed by atoms with Crippen molar-refractivity contribution in [1.29, 1.82) is 0 Å². The van der Waals surface area contributed by atoms with E-state index in [1.54, 1.807) is 4.90 Å². The van der Waals surface area contributed by atoms with E-state index >= 15 is 0 Å². The van der Waals surface area contributed by atoms with E-state index in [4.69, 9.17) is 9.47 Å². The number of morpholine rings is 1. The van der Waals surface area contributed by atoms with Gasteiger partial charge in [0.05, 0.1) is 13.2 Å². The summed E-state index contributed by atoms with van der Waals surface area (Å²) in [7, 11) is 0. The lowest BCUT2D eigenvalue weighted by atomic mass is 10.1. The Labute approximate surface area is 152 Å². The molecule has 6 nitrogen and oxygen atoms in total. The van der Waals surface area contributed by atoms with Crippen LogP contribution in [-0.4, -0.2) is 43.2 Å². The maximum Gasteiger partial charge on any atom is 0.408 e. The summed E-state index contributed by atoms with van der Waals surface area (Å²) in [6, 6.07) is 17.8. The Bertz CT molecular complexity index is 715. The fourth-order valence-electron chi connectivity index (χ4n) is 2.78. The molecule has 6 heteroatoms. The maximum absolute atomic E-state index is 12.9. The Morgan fingerprint density at radius 2 is 1.62 bits per heavy atom. The monoisotopic (exact) mass is 354 g/mol. The molecule has 3 rings (SSSR count). The van der Waals surface area contributed by atoms with Crippen LogP contribution in [0.25, 0.3) is 0 Å². The summed E-state index contributed by atoms with van der Waals surface area (Å²) < 4.78 is 10.6. The molecule has 0 radical (unpaired) electrons. The third kappa shape index (κ3) is 4.83. The van der Waals surface area contributed by atoms with Gasteiger partial charge in [0.25, 0.3) is 0 Å². The van der Waals surface area contributed by atoms with Gasteiger partial charge in [0, 0.05) is 13.1 Å². The number of nitrogens with zero attached hydrogens (tertiary/aromatic N) is 1. The van der Waals surface area contributed by atoms with E-state index in [0.717, 1.165) is 11.1 Å². The van der Waals surface area contributed by atoms with Crippen molar-refractivity contribution >= 4 is 12.0 Å². The third-order valence-electron chi connectivity index (χ3n) is 4.18. The molecule has 0 bridgehead atoms. The molecule has 0 aromatic heterocycles. The standard InChI is InChI=1S/C20H22N2O4/c23-19(22-11-13-25-14-12-22)18(17-9-5-2-6-10-17)21-20(24)26-15-16-7-3-1-4-8-16/h1-10,18H,11-15H2,(H,21,24)/t18-/m1/s1. The minimum atomic E-state index is -0.780. The SMILES string of the molecule is O=C(N[C@@H](C(=O)N1CCOCC1)c1ccccc1)OCc1ccccc1. The van der Waals surface area contributed by atoms with Crippen molar-refractivity contribution in [2.24, 2.45) is 0 Å². The van der Waals surface area contributed by atoms with Crippen LogP contribution in [0.5, 0.6) is 0 Å². The Hall–Kier alpha value is -2.86. The molecular formula is C20H22N2O4. The average molecular weight is 354 g/mol. The molecule has 0 spiro atoms. The summed E-state index contributed by atoms with van der Waals surface area (Å²) in [6.45, 7) is 2.20. The molecule has 1 saturated heterocycles. The van der Waals surface area contributed by atoms with Gasteiger partial charge in [-0.3, -0.25) is 4.79 Å². The summed E-state index contributed by atoms with van der Waals surface area (Å²) in [4.78, 5) is 26.9. The van der Waals surface area contributed by atoms with Gasteiger partial charge >= 0.3 is 6.09 Å². The van der Waals surface area contributed by atoms with Gasteiger partial charge in [-0.2, -0.15) is 0 Å². The molecule has 1 aliphatic rings. The highest BCUT2D eigenvalue weighted by Gasteiger charge is 2.29. The molecule has 2 aromatic carbocycles. The van der Waals surface area contributed by atoms with Crippen molar-refractivity contribution in [2.75, 3.05) is 26.3 Å². The second-order valence-electron chi connectivity index (χ2n) is 5.99. The van der Waals surface area contributed by atoms with Crippen LogP contribution in [0.4, 0.5) is 4.79 Å². The summed E-state index contributed by atoms with van der Waals surface area (Å²) >= 11 is 0. The predicted molar refractivity (Wildman–Crippen MR) is 96.3 cm³/mol. The lowest BCUT2D eigenvalue weighted by molar-refractivity contribution is -0.137. The van der Waals surface area contributed by atoms with Crippen LogP contribution >= 0.6 is 0 Å². The van der Waals surface area contributed by atoms with Crippen LogP contribution in [0.3, 0.4) is 0 Å². The summed E-state index contributed by atoms with van der Waals surface area (Å²) in [5.41, 5.74) is 1.61. The highest BCUT2D eigenvalue weighted by molar-refractivity contribution is 5.87. The number of rotatable bonds is 5. The zero-order valence-electron chi connectivity index (χ0n) is 14.5. The molecule has 136 valence electrons. The number of hydrogen-bond acceptors (Lipinski definition) is 4. The molecule has 1 fully saturated rings. The Morgan fingerprint density at radius 3 is 2.27 bits per heavy atom. The van der Waals surface area contributed by atoms with Crippen LogP contribution < -0.4 is 5.32 Å². The fraction of sp³-hybridized carbons (Fsp3) is 0.300. The first-order chi connectivity index (χ1) is 12.7. The van der Waals surface area contributed by atoms with Crippen LogP contribution in [0.2, 0.25) is 0 Å². The molecule has 26 heavy (non-hydrogen) atoms. The van der Waals surface area contributed by atoms with E-state index in [1.807, 2.05) is 60.7 Å². The van der Waals surface area contributed by atoms with Crippen LogP contribution in [0.1, 0.15) is 17.2 Å². The fourth-order valence-corrected chi connectivity index (χ4v) is 2.78. The van der Waals surface area contributed by atoms with Gasteiger partial charge in [0.15, 0.2) is 0 Å². The first-order valence-electron chi connectivity index (χ1n) is 8.63. The lowest BCUT2D eigenvalue weighted by Crippen LogP contribution is -2.47. The largest absolute Gasteiger partial charge is 0.445 e. The second kappa shape index (κ2) is 9.01. The molecule has 0 saturated carbocycles. The minimum absolute atomic E-state index is 0.153. The number of benzene rings is 2. The Balaban J connectivity index is 1.67. The van der Waals surface area contributed by atoms with E-state index in [1.165, 1.54) is 0 Å². The zero-order chi connectivity index (χ0) is 18.2. The number of nitrogens with one attached hydrogen (secondary N) is 1. The van der Waals surface area contributed by atoms with Crippen molar-refractivity contribution in [1.82, 2.24) is 10.2 Å². The Kier molecular flexibility index (Phi) is 6.22. The normalized spacial score (nSPS) is 15.2. The number of amides is 2. The first kappa shape index (κ1) is 17.9. The zero-order valence-corrected chi connectivity index (χ0v) is 14.5. The molecule has 2 amide bonds. The highest BCUT2D eigenvalue weighted by atomic mass is 16.5. The molecule has 2 aromatic rings. The number of hydrogen-bond donors (Lipinski definition) is 1. The number of carbonyl (C=O) groups is 2. The summed E-state index contributed by atoms with van der Waals surface area (Å²) in [5.74, 6) is -0.156. The van der Waals surface area contributed by atoms with Crippen LogP contribution in [0.15, 0.2) is 60.7 Å². The van der Waals surface area contributed by atoms with Crippen molar-refractivity contribution in [3.05, 3.63) is 71.8 Å². The van der Waals surface area contributed by atoms with Gasteiger partial charge in [0.2, 0.25) is 5.91 Å². The van der Waals surface area contributed by atoms with E-state index in [2.05, 4.69) is 5.32 Å². The van der Waals surface area contributed by atoms with Crippen molar-refractivity contribution in [3.8, 4) is 0 Å². The van der Waals surface area contributed by atoms with Crippen molar-refractivity contribution in [2.45, 2.75) is 12.6 Å². The van der Waals surface area contributed by atoms with Gasteiger partial charge in [-0.15, -0.1) is 0 Å².